The van der Waals surface area contributed by atoms with Crippen LogP contribution in [0, 0.1) is 19.7 Å². The molecule has 6 heteroatoms. The number of aliphatic hydroxyl groups excluding tert-OH is 1. The summed E-state index contributed by atoms with van der Waals surface area (Å²) in [5.41, 5.74) is 3.41. The number of aryl methyl sites for hydroxylation is 2. The van der Waals surface area contributed by atoms with Gasteiger partial charge in [0.1, 0.15) is 5.82 Å². The fraction of sp³-hybridized carbons (Fsp3) is 0.474. The summed E-state index contributed by atoms with van der Waals surface area (Å²) in [6, 6.07) is 5.90. The van der Waals surface area contributed by atoms with Crippen LogP contribution in [0.1, 0.15) is 47.9 Å². The molecule has 2 atom stereocenters. The van der Waals surface area contributed by atoms with Crippen molar-refractivity contribution in [1.82, 2.24) is 15.1 Å². The zero-order chi connectivity index (χ0) is 18.0. The van der Waals surface area contributed by atoms with E-state index in [0.717, 1.165) is 36.3 Å². The Kier molecular flexibility index (Phi) is 5.18. The lowest BCUT2D eigenvalue weighted by Crippen LogP contribution is -2.37. The zero-order valence-electron chi connectivity index (χ0n) is 14.6. The molecule has 25 heavy (non-hydrogen) atoms. The molecule has 1 aliphatic heterocycles. The Bertz CT molecular complexity index is 722. The standard InChI is InChI=1S/C19H24FN3O2/c1-12-17(13(2)22-21-12)11-19(25)23-9-3-4-16(23)10-18(24)14-5-7-15(20)8-6-14/h5-8,16,18,24H,3-4,9-11H2,1-2H3,(H,21,22)/t16-,18-/m1/s1. The lowest BCUT2D eigenvalue weighted by Gasteiger charge is -2.27. The quantitative estimate of drug-likeness (QED) is 0.875. The van der Waals surface area contributed by atoms with Crippen LogP contribution >= 0.6 is 0 Å². The Hall–Kier alpha value is -2.21. The molecule has 0 aliphatic carbocycles. The SMILES string of the molecule is Cc1n[nH]c(C)c1CC(=O)N1CCC[C@@H]1C[C@@H](O)c1ccc(F)cc1. The van der Waals surface area contributed by atoms with Gasteiger partial charge in [-0.3, -0.25) is 9.89 Å². The van der Waals surface area contributed by atoms with Crippen LogP contribution in [0.25, 0.3) is 0 Å². The van der Waals surface area contributed by atoms with Crippen molar-refractivity contribution >= 4 is 5.91 Å². The Morgan fingerprint density at radius 2 is 2.12 bits per heavy atom. The van der Waals surface area contributed by atoms with Gasteiger partial charge in [-0.25, -0.2) is 4.39 Å². The predicted molar refractivity (Wildman–Crippen MR) is 92.5 cm³/mol. The highest BCUT2D eigenvalue weighted by molar-refractivity contribution is 5.79. The second-order valence-electron chi connectivity index (χ2n) is 6.78. The van der Waals surface area contributed by atoms with Crippen molar-refractivity contribution in [2.75, 3.05) is 6.54 Å². The van der Waals surface area contributed by atoms with Gasteiger partial charge in [0.25, 0.3) is 0 Å². The van der Waals surface area contributed by atoms with Crippen molar-refractivity contribution < 1.29 is 14.3 Å². The molecular formula is C19H24FN3O2. The second kappa shape index (κ2) is 7.35. The summed E-state index contributed by atoms with van der Waals surface area (Å²) >= 11 is 0. The number of likely N-dealkylation sites (tertiary alicyclic amines) is 1. The molecule has 0 spiro atoms. The Morgan fingerprint density at radius 1 is 1.40 bits per heavy atom. The first-order valence-corrected chi connectivity index (χ1v) is 8.69. The lowest BCUT2D eigenvalue weighted by atomic mass is 10.00. The summed E-state index contributed by atoms with van der Waals surface area (Å²) < 4.78 is 13.0. The van der Waals surface area contributed by atoms with E-state index in [9.17, 15) is 14.3 Å². The molecule has 1 aromatic carbocycles. The van der Waals surface area contributed by atoms with Gasteiger partial charge in [-0.2, -0.15) is 5.10 Å². The van der Waals surface area contributed by atoms with E-state index in [1.54, 1.807) is 12.1 Å². The Labute approximate surface area is 146 Å². The molecule has 134 valence electrons. The highest BCUT2D eigenvalue weighted by Crippen LogP contribution is 2.28. The molecule has 0 radical (unpaired) electrons. The van der Waals surface area contributed by atoms with E-state index in [-0.39, 0.29) is 17.8 Å². The molecule has 3 rings (SSSR count). The number of nitrogens with zero attached hydrogens (tertiary/aromatic N) is 2. The maximum absolute atomic E-state index is 13.0. The molecule has 1 amide bonds. The first-order valence-electron chi connectivity index (χ1n) is 8.69. The molecule has 1 fully saturated rings. The van der Waals surface area contributed by atoms with Gasteiger partial charge in [-0.15, -0.1) is 0 Å². The van der Waals surface area contributed by atoms with E-state index in [1.807, 2.05) is 18.7 Å². The van der Waals surface area contributed by atoms with Crippen molar-refractivity contribution in [3.8, 4) is 0 Å². The van der Waals surface area contributed by atoms with Crippen molar-refractivity contribution in [2.24, 2.45) is 0 Å². The van der Waals surface area contributed by atoms with Gasteiger partial charge in [0.15, 0.2) is 0 Å². The average molecular weight is 345 g/mol. The number of halogens is 1. The fourth-order valence-electron chi connectivity index (χ4n) is 3.58. The molecule has 1 aromatic heterocycles. The number of aromatic nitrogens is 2. The second-order valence-corrected chi connectivity index (χ2v) is 6.78. The third kappa shape index (κ3) is 3.90. The van der Waals surface area contributed by atoms with E-state index >= 15 is 0 Å². The van der Waals surface area contributed by atoms with Crippen LogP contribution < -0.4 is 0 Å². The Morgan fingerprint density at radius 3 is 2.76 bits per heavy atom. The van der Waals surface area contributed by atoms with Crippen LogP contribution in [0.4, 0.5) is 4.39 Å². The minimum atomic E-state index is -0.698. The minimum absolute atomic E-state index is 0.0140. The molecule has 0 unspecified atom stereocenters. The van der Waals surface area contributed by atoms with E-state index < -0.39 is 6.10 Å². The highest BCUT2D eigenvalue weighted by Gasteiger charge is 2.31. The number of aliphatic hydroxyl groups is 1. The summed E-state index contributed by atoms with van der Waals surface area (Å²) in [6.07, 6.45) is 1.93. The third-order valence-electron chi connectivity index (χ3n) is 5.06. The van der Waals surface area contributed by atoms with Gasteiger partial charge in [-0.05, 0) is 50.8 Å². The molecule has 2 N–H and O–H groups in total. The molecule has 0 bridgehead atoms. The van der Waals surface area contributed by atoms with E-state index in [1.165, 1.54) is 12.1 Å². The normalized spacial score (nSPS) is 18.6. The number of carbonyl (C=O) groups is 1. The average Bonchev–Trinajstić information content (AvgIpc) is 3.17. The zero-order valence-corrected chi connectivity index (χ0v) is 14.6. The summed E-state index contributed by atoms with van der Waals surface area (Å²) in [7, 11) is 0. The number of benzene rings is 1. The van der Waals surface area contributed by atoms with Gasteiger partial charge in [0, 0.05) is 23.8 Å². The van der Waals surface area contributed by atoms with E-state index in [2.05, 4.69) is 10.2 Å². The van der Waals surface area contributed by atoms with Crippen LogP contribution in [0.3, 0.4) is 0 Å². The lowest BCUT2D eigenvalue weighted by molar-refractivity contribution is -0.131. The molecule has 1 aliphatic rings. The number of rotatable bonds is 5. The summed E-state index contributed by atoms with van der Waals surface area (Å²) in [5, 5.41) is 17.5. The maximum Gasteiger partial charge on any atom is 0.227 e. The topological polar surface area (TPSA) is 69.2 Å². The first kappa shape index (κ1) is 17.6. The number of aromatic amines is 1. The van der Waals surface area contributed by atoms with Gasteiger partial charge in [0.05, 0.1) is 18.2 Å². The minimum Gasteiger partial charge on any atom is -0.388 e. The molecule has 2 heterocycles. The van der Waals surface area contributed by atoms with Crippen LogP contribution in [-0.4, -0.2) is 38.7 Å². The van der Waals surface area contributed by atoms with Gasteiger partial charge in [0.2, 0.25) is 5.91 Å². The molecule has 2 aromatic rings. The van der Waals surface area contributed by atoms with Crippen LogP contribution in [0.15, 0.2) is 24.3 Å². The monoisotopic (exact) mass is 345 g/mol. The van der Waals surface area contributed by atoms with E-state index in [0.29, 0.717) is 18.4 Å². The summed E-state index contributed by atoms with van der Waals surface area (Å²) in [5.74, 6) is -0.249. The van der Waals surface area contributed by atoms with Gasteiger partial charge in [-0.1, -0.05) is 12.1 Å². The van der Waals surface area contributed by atoms with Gasteiger partial charge >= 0.3 is 0 Å². The Balaban J connectivity index is 1.65. The largest absolute Gasteiger partial charge is 0.388 e. The molecule has 0 saturated carbocycles. The smallest absolute Gasteiger partial charge is 0.227 e. The van der Waals surface area contributed by atoms with Crippen molar-refractivity contribution in [3.63, 3.8) is 0 Å². The van der Waals surface area contributed by atoms with Crippen LogP contribution in [-0.2, 0) is 11.2 Å². The summed E-state index contributed by atoms with van der Waals surface area (Å²) in [4.78, 5) is 14.6. The van der Waals surface area contributed by atoms with E-state index in [4.69, 9.17) is 0 Å². The van der Waals surface area contributed by atoms with Crippen molar-refractivity contribution in [3.05, 3.63) is 52.6 Å². The predicted octanol–water partition coefficient (Wildman–Crippen LogP) is 2.82. The molecular weight excluding hydrogens is 321 g/mol. The molecule has 5 nitrogen and oxygen atoms in total. The van der Waals surface area contributed by atoms with Crippen molar-refractivity contribution in [1.29, 1.82) is 0 Å². The number of carbonyl (C=O) groups excluding carboxylic acids is 1. The maximum atomic E-state index is 13.0. The number of hydrogen-bond donors (Lipinski definition) is 2. The number of hydrogen-bond acceptors (Lipinski definition) is 3. The summed E-state index contributed by atoms with van der Waals surface area (Å²) in [6.45, 7) is 4.53. The number of amides is 1. The third-order valence-corrected chi connectivity index (χ3v) is 5.06. The van der Waals surface area contributed by atoms with Gasteiger partial charge < -0.3 is 10.0 Å². The number of nitrogens with one attached hydrogen (secondary N) is 1. The van der Waals surface area contributed by atoms with Crippen molar-refractivity contribution in [2.45, 2.75) is 51.7 Å². The first-order chi connectivity index (χ1) is 12.0. The number of H-pyrrole nitrogens is 1. The molecule has 1 saturated heterocycles. The fourth-order valence-corrected chi connectivity index (χ4v) is 3.58. The van der Waals surface area contributed by atoms with Crippen LogP contribution in [0.2, 0.25) is 0 Å². The van der Waals surface area contributed by atoms with Crippen LogP contribution in [0.5, 0.6) is 0 Å². The highest BCUT2D eigenvalue weighted by atomic mass is 19.1.